The number of rotatable bonds is 4. The van der Waals surface area contributed by atoms with E-state index in [1.54, 1.807) is 0 Å². The van der Waals surface area contributed by atoms with Crippen LogP contribution in [0.3, 0.4) is 0 Å². The Morgan fingerprint density at radius 2 is 1.77 bits per heavy atom. The number of hydrogen-bond donors (Lipinski definition) is 3. The lowest BCUT2D eigenvalue weighted by molar-refractivity contribution is -0.134. The van der Waals surface area contributed by atoms with Gasteiger partial charge in [0.1, 0.15) is 0 Å². The van der Waals surface area contributed by atoms with Crippen molar-refractivity contribution in [2.75, 3.05) is 13.1 Å². The Labute approximate surface area is 138 Å². The molecule has 1 aliphatic rings. The van der Waals surface area contributed by atoms with E-state index in [2.05, 4.69) is 11.4 Å². The fraction of sp³-hybridized carbons (Fsp3) is 0.333. The summed E-state index contributed by atoms with van der Waals surface area (Å²) in [5.74, 6) is -2.51. The van der Waals surface area contributed by atoms with E-state index in [1.165, 1.54) is 17.7 Å². The first-order valence-electron chi connectivity index (χ1n) is 6.74. The minimum absolute atomic E-state index is 0.558. The lowest BCUT2D eigenvalue weighted by atomic mass is 10.2. The normalized spacial score (nSPS) is 15.1. The molecule has 0 saturated carbocycles. The Morgan fingerprint density at radius 3 is 2.27 bits per heavy atom. The van der Waals surface area contributed by atoms with Crippen LogP contribution in [0.5, 0.6) is 0 Å². The highest BCUT2D eigenvalue weighted by Crippen LogP contribution is 2.29. The van der Waals surface area contributed by atoms with E-state index >= 15 is 0 Å². The number of nitrogens with one attached hydrogen (secondary N) is 1. The van der Waals surface area contributed by atoms with E-state index in [0.717, 1.165) is 23.4 Å². The number of piperidine rings is 1. The van der Waals surface area contributed by atoms with Crippen molar-refractivity contribution in [1.29, 1.82) is 0 Å². The Hall–Kier alpha value is -1.50. The van der Waals surface area contributed by atoms with Crippen LogP contribution in [0.25, 0.3) is 0 Å². The number of benzene rings is 1. The number of aliphatic carboxylic acids is 2. The smallest absolute Gasteiger partial charge is 0.328 e. The van der Waals surface area contributed by atoms with Gasteiger partial charge in [-0.3, -0.25) is 0 Å². The molecule has 0 radical (unpaired) electrons. The fourth-order valence-electron chi connectivity index (χ4n) is 1.79. The molecule has 0 unspecified atom stereocenters. The molecule has 0 aromatic heterocycles. The molecule has 1 heterocycles. The monoisotopic (exact) mass is 343 g/mol. The Bertz CT molecular complexity index is 514. The molecule has 3 N–H and O–H groups in total. The predicted molar refractivity (Wildman–Crippen MR) is 87.6 cm³/mol. The highest BCUT2D eigenvalue weighted by Gasteiger charge is 2.13. The van der Waals surface area contributed by atoms with Gasteiger partial charge in [-0.25, -0.2) is 9.59 Å². The second kappa shape index (κ2) is 10.3. The van der Waals surface area contributed by atoms with Gasteiger partial charge in [-0.05, 0) is 44.1 Å². The first kappa shape index (κ1) is 18.5. The molecule has 0 amide bonds. The van der Waals surface area contributed by atoms with E-state index in [9.17, 15) is 9.59 Å². The van der Waals surface area contributed by atoms with Crippen LogP contribution in [0.15, 0.2) is 41.3 Å². The average Bonchev–Trinajstić information content (AvgIpc) is 2.47. The maximum absolute atomic E-state index is 9.55. The number of hydrogen-bond acceptors (Lipinski definition) is 4. The van der Waals surface area contributed by atoms with Gasteiger partial charge in [0.2, 0.25) is 0 Å². The van der Waals surface area contributed by atoms with Gasteiger partial charge in [-0.1, -0.05) is 17.7 Å². The molecular formula is C15H18ClNO4S. The SMILES string of the molecule is Clc1cccc(SC2CCNCC2)c1.O=C(O)/C=C\C(=O)O. The van der Waals surface area contributed by atoms with Gasteiger partial charge in [0.15, 0.2) is 0 Å². The zero-order chi connectivity index (χ0) is 16.4. The van der Waals surface area contributed by atoms with Crippen molar-refractivity contribution >= 4 is 35.3 Å². The highest BCUT2D eigenvalue weighted by molar-refractivity contribution is 8.00. The first-order chi connectivity index (χ1) is 10.5. The minimum Gasteiger partial charge on any atom is -0.478 e. The van der Waals surface area contributed by atoms with Crippen molar-refractivity contribution in [2.24, 2.45) is 0 Å². The number of carboxylic acid groups (broad SMARTS) is 2. The van der Waals surface area contributed by atoms with Crippen LogP contribution in [0, 0.1) is 0 Å². The number of thioether (sulfide) groups is 1. The second-order valence-corrected chi connectivity index (χ2v) is 6.34. The van der Waals surface area contributed by atoms with Crippen molar-refractivity contribution < 1.29 is 19.8 Å². The third-order valence-corrected chi connectivity index (χ3v) is 4.32. The summed E-state index contributed by atoms with van der Waals surface area (Å²) < 4.78 is 0. The molecule has 0 bridgehead atoms. The summed E-state index contributed by atoms with van der Waals surface area (Å²) in [5, 5.41) is 20.6. The summed E-state index contributed by atoms with van der Waals surface area (Å²) in [6.07, 6.45) is 3.64. The van der Waals surface area contributed by atoms with E-state index in [4.69, 9.17) is 21.8 Å². The molecule has 0 aliphatic carbocycles. The highest BCUT2D eigenvalue weighted by atomic mass is 35.5. The molecule has 1 aromatic rings. The van der Waals surface area contributed by atoms with Gasteiger partial charge in [0.05, 0.1) is 0 Å². The zero-order valence-electron chi connectivity index (χ0n) is 11.9. The topological polar surface area (TPSA) is 86.6 Å². The molecule has 22 heavy (non-hydrogen) atoms. The van der Waals surface area contributed by atoms with Crippen molar-refractivity contribution in [3.05, 3.63) is 41.4 Å². The van der Waals surface area contributed by atoms with Crippen LogP contribution in [-0.4, -0.2) is 40.5 Å². The van der Waals surface area contributed by atoms with Gasteiger partial charge in [0.25, 0.3) is 0 Å². The van der Waals surface area contributed by atoms with E-state index in [1.807, 2.05) is 30.0 Å². The lowest BCUT2D eigenvalue weighted by Gasteiger charge is -2.21. The average molecular weight is 344 g/mol. The molecule has 2 rings (SSSR count). The van der Waals surface area contributed by atoms with E-state index in [0.29, 0.717) is 12.2 Å². The molecule has 0 spiro atoms. The van der Waals surface area contributed by atoms with Crippen molar-refractivity contribution in [3.8, 4) is 0 Å². The van der Waals surface area contributed by atoms with Crippen LogP contribution in [0.4, 0.5) is 0 Å². The molecule has 1 saturated heterocycles. The molecular weight excluding hydrogens is 326 g/mol. The van der Waals surface area contributed by atoms with Crippen LogP contribution in [-0.2, 0) is 9.59 Å². The van der Waals surface area contributed by atoms with Crippen molar-refractivity contribution in [2.45, 2.75) is 23.0 Å². The van der Waals surface area contributed by atoms with Crippen LogP contribution < -0.4 is 5.32 Å². The van der Waals surface area contributed by atoms with Gasteiger partial charge in [0, 0.05) is 27.3 Å². The van der Waals surface area contributed by atoms with Crippen LogP contribution in [0.1, 0.15) is 12.8 Å². The maximum atomic E-state index is 9.55. The van der Waals surface area contributed by atoms with Crippen molar-refractivity contribution in [1.82, 2.24) is 5.32 Å². The summed E-state index contributed by atoms with van der Waals surface area (Å²) in [6, 6.07) is 8.13. The fourth-order valence-corrected chi connectivity index (χ4v) is 3.25. The Kier molecular flexibility index (Phi) is 8.65. The number of halogens is 1. The summed E-state index contributed by atoms with van der Waals surface area (Å²) in [7, 11) is 0. The molecule has 7 heteroatoms. The minimum atomic E-state index is -1.26. The van der Waals surface area contributed by atoms with Gasteiger partial charge < -0.3 is 15.5 Å². The zero-order valence-corrected chi connectivity index (χ0v) is 13.4. The summed E-state index contributed by atoms with van der Waals surface area (Å²) in [5.41, 5.74) is 0. The second-order valence-electron chi connectivity index (χ2n) is 4.53. The largest absolute Gasteiger partial charge is 0.478 e. The van der Waals surface area contributed by atoms with Crippen LogP contribution in [0.2, 0.25) is 5.02 Å². The van der Waals surface area contributed by atoms with E-state index < -0.39 is 11.9 Å². The molecule has 5 nitrogen and oxygen atoms in total. The molecule has 1 aliphatic heterocycles. The molecule has 1 fully saturated rings. The third kappa shape index (κ3) is 8.71. The van der Waals surface area contributed by atoms with Gasteiger partial charge in [-0.2, -0.15) is 0 Å². The van der Waals surface area contributed by atoms with E-state index in [-0.39, 0.29) is 0 Å². The van der Waals surface area contributed by atoms with Crippen molar-refractivity contribution in [3.63, 3.8) is 0 Å². The number of carboxylic acids is 2. The Morgan fingerprint density at radius 1 is 1.18 bits per heavy atom. The van der Waals surface area contributed by atoms with Crippen LogP contribution >= 0.6 is 23.4 Å². The first-order valence-corrected chi connectivity index (χ1v) is 8.00. The van der Waals surface area contributed by atoms with Gasteiger partial charge in [-0.15, -0.1) is 11.8 Å². The summed E-state index contributed by atoms with van der Waals surface area (Å²) >= 11 is 7.89. The van der Waals surface area contributed by atoms with Gasteiger partial charge >= 0.3 is 11.9 Å². The quantitative estimate of drug-likeness (QED) is 0.729. The summed E-state index contributed by atoms with van der Waals surface area (Å²) in [6.45, 7) is 2.30. The Balaban J connectivity index is 0.000000261. The molecule has 1 aromatic carbocycles. The molecule has 0 atom stereocenters. The standard InChI is InChI=1S/C11H14ClNS.C4H4O4/c12-9-2-1-3-11(8-9)14-10-4-6-13-7-5-10;5-3(6)1-2-4(7)8/h1-3,8,10,13H,4-7H2;1-2H,(H,5,6)(H,7,8)/b;2-1-. The lowest BCUT2D eigenvalue weighted by Crippen LogP contribution is -2.29. The molecule has 120 valence electrons. The maximum Gasteiger partial charge on any atom is 0.328 e. The predicted octanol–water partition coefficient (Wildman–Crippen LogP) is 2.90. The number of carbonyl (C=O) groups is 2. The summed E-state index contributed by atoms with van der Waals surface area (Å²) in [4.78, 5) is 20.4. The third-order valence-electron chi connectivity index (χ3n) is 2.75.